The minimum absolute atomic E-state index is 0.232. The van der Waals surface area contributed by atoms with Crippen LogP contribution in [0.2, 0.25) is 5.02 Å². The number of furan rings is 1. The van der Waals surface area contributed by atoms with Gasteiger partial charge in [0.25, 0.3) is 5.91 Å². The Morgan fingerprint density at radius 3 is 2.61 bits per heavy atom. The van der Waals surface area contributed by atoms with Gasteiger partial charge in [-0.25, -0.2) is 4.98 Å². The molecule has 0 fully saturated rings. The Morgan fingerprint density at radius 1 is 1.06 bits per heavy atom. The summed E-state index contributed by atoms with van der Waals surface area (Å²) in [4.78, 5) is 32.9. The molecule has 0 radical (unpaired) electrons. The molecule has 0 spiro atoms. The van der Waals surface area contributed by atoms with Gasteiger partial charge in [0, 0.05) is 43.2 Å². The van der Waals surface area contributed by atoms with Gasteiger partial charge in [-0.15, -0.1) is 0 Å². The van der Waals surface area contributed by atoms with E-state index < -0.39 is 0 Å². The normalized spacial score (nSPS) is 10.6. The van der Waals surface area contributed by atoms with E-state index in [0.29, 0.717) is 45.6 Å². The number of amides is 2. The lowest BCUT2D eigenvalue weighted by Gasteiger charge is -2.07. The zero-order chi connectivity index (χ0) is 23.4. The highest BCUT2D eigenvalue weighted by molar-refractivity contribution is 6.33. The average Bonchev–Trinajstić information content (AvgIpc) is 3.24. The topological polar surface area (TPSA) is 97.1 Å². The molecule has 2 N–H and O–H groups in total. The number of nitrogens with one attached hydrogen (secondary N) is 2. The molecule has 0 atom stereocenters. The molecule has 4 rings (SSSR count). The fourth-order valence-corrected chi connectivity index (χ4v) is 3.58. The van der Waals surface area contributed by atoms with Gasteiger partial charge in [0.1, 0.15) is 17.3 Å². The molecule has 0 aliphatic heterocycles. The van der Waals surface area contributed by atoms with Crippen molar-refractivity contribution in [3.63, 3.8) is 0 Å². The average molecular weight is 461 g/mol. The van der Waals surface area contributed by atoms with Crippen LogP contribution >= 0.6 is 11.6 Å². The largest absolute Gasteiger partial charge is 0.455 e. The monoisotopic (exact) mass is 460 g/mol. The van der Waals surface area contributed by atoms with Gasteiger partial charge in [0.2, 0.25) is 5.91 Å². The number of pyridine rings is 2. The van der Waals surface area contributed by atoms with Crippen LogP contribution in [0.1, 0.15) is 28.4 Å². The molecule has 0 unspecified atom stereocenters. The molecule has 166 valence electrons. The second-order valence-corrected chi connectivity index (χ2v) is 7.85. The number of halogens is 1. The molecule has 7 nitrogen and oxygen atoms in total. The Labute approximate surface area is 195 Å². The first-order valence-corrected chi connectivity index (χ1v) is 10.6. The molecule has 2 amide bonds. The van der Waals surface area contributed by atoms with Crippen LogP contribution in [0.5, 0.6) is 0 Å². The van der Waals surface area contributed by atoms with Crippen molar-refractivity contribution in [2.24, 2.45) is 0 Å². The molecule has 33 heavy (non-hydrogen) atoms. The third kappa shape index (κ3) is 5.10. The summed E-state index contributed by atoms with van der Waals surface area (Å²) in [6, 6.07) is 14.3. The van der Waals surface area contributed by atoms with Crippen molar-refractivity contribution in [3.05, 3.63) is 88.8 Å². The minimum Gasteiger partial charge on any atom is -0.455 e. The number of rotatable bonds is 6. The van der Waals surface area contributed by atoms with Crippen molar-refractivity contribution < 1.29 is 14.0 Å². The summed E-state index contributed by atoms with van der Waals surface area (Å²) in [5.41, 5.74) is 3.35. The number of aromatic nitrogens is 2. The Bertz CT molecular complexity index is 1320. The fourth-order valence-electron chi connectivity index (χ4n) is 3.36. The van der Waals surface area contributed by atoms with E-state index in [2.05, 4.69) is 20.6 Å². The van der Waals surface area contributed by atoms with Gasteiger partial charge in [0.05, 0.1) is 10.6 Å². The van der Waals surface area contributed by atoms with Gasteiger partial charge in [-0.3, -0.25) is 14.6 Å². The molecule has 3 heterocycles. The van der Waals surface area contributed by atoms with Crippen LogP contribution in [0.3, 0.4) is 0 Å². The predicted octanol–water partition coefficient (Wildman–Crippen LogP) is 5.25. The predicted molar refractivity (Wildman–Crippen MR) is 127 cm³/mol. The van der Waals surface area contributed by atoms with Crippen LogP contribution in [0.4, 0.5) is 5.82 Å². The maximum Gasteiger partial charge on any atom is 0.255 e. The number of hydrogen-bond donors (Lipinski definition) is 2. The van der Waals surface area contributed by atoms with Crippen LogP contribution in [0, 0.1) is 6.92 Å². The van der Waals surface area contributed by atoms with Crippen LogP contribution in [0.15, 0.2) is 71.5 Å². The Kier molecular flexibility index (Phi) is 6.51. The molecule has 0 aliphatic rings. The third-order valence-corrected chi connectivity index (χ3v) is 5.27. The summed E-state index contributed by atoms with van der Waals surface area (Å²) in [5, 5.41) is 6.04. The van der Waals surface area contributed by atoms with Gasteiger partial charge in [-0.1, -0.05) is 29.8 Å². The van der Waals surface area contributed by atoms with Crippen LogP contribution in [-0.2, 0) is 11.3 Å². The van der Waals surface area contributed by atoms with Crippen molar-refractivity contribution in [1.29, 1.82) is 0 Å². The molecule has 0 aliphatic carbocycles. The molecular weight excluding hydrogens is 440 g/mol. The van der Waals surface area contributed by atoms with E-state index in [1.807, 2.05) is 31.2 Å². The van der Waals surface area contributed by atoms with E-state index in [1.54, 1.807) is 42.9 Å². The van der Waals surface area contributed by atoms with E-state index in [4.69, 9.17) is 16.0 Å². The number of benzene rings is 1. The second kappa shape index (κ2) is 9.67. The number of carbonyl (C=O) groups is 2. The number of nitrogens with zero attached hydrogens (tertiary/aromatic N) is 2. The number of aryl methyl sites for hydroxylation is 1. The summed E-state index contributed by atoms with van der Waals surface area (Å²) in [7, 11) is 0. The zero-order valence-electron chi connectivity index (χ0n) is 18.1. The van der Waals surface area contributed by atoms with Crippen LogP contribution in [-0.4, -0.2) is 21.8 Å². The molecule has 0 saturated heterocycles. The molecule has 4 aromatic rings. The van der Waals surface area contributed by atoms with E-state index in [-0.39, 0.29) is 11.8 Å². The SMILES string of the molecule is CC(=O)Nc1cc(-c2cc(C(=O)NCc3cccnc3)c(-c3ccccc3Cl)o2)c(C)cn1. The summed E-state index contributed by atoms with van der Waals surface area (Å²) < 4.78 is 6.18. The van der Waals surface area contributed by atoms with Gasteiger partial charge in [0.15, 0.2) is 0 Å². The smallest absolute Gasteiger partial charge is 0.255 e. The lowest BCUT2D eigenvalue weighted by atomic mass is 10.1. The highest BCUT2D eigenvalue weighted by atomic mass is 35.5. The zero-order valence-corrected chi connectivity index (χ0v) is 18.8. The van der Waals surface area contributed by atoms with Crippen molar-refractivity contribution in [3.8, 4) is 22.6 Å². The van der Waals surface area contributed by atoms with E-state index >= 15 is 0 Å². The lowest BCUT2D eigenvalue weighted by Crippen LogP contribution is -2.22. The molecule has 8 heteroatoms. The van der Waals surface area contributed by atoms with Gasteiger partial charge < -0.3 is 15.1 Å². The summed E-state index contributed by atoms with van der Waals surface area (Å²) in [6.45, 7) is 3.60. The molecular formula is C25H21ClN4O3. The second-order valence-electron chi connectivity index (χ2n) is 7.44. The van der Waals surface area contributed by atoms with E-state index in [1.165, 1.54) is 6.92 Å². The standard InChI is InChI=1S/C25H21ClN4O3/c1-15-12-28-23(30-16(2)31)11-19(15)22-10-20(24(33-22)18-7-3-4-8-21(18)26)25(32)29-14-17-6-5-9-27-13-17/h3-13H,14H2,1-2H3,(H,29,32)(H,28,30,31). The molecule has 0 saturated carbocycles. The summed E-state index contributed by atoms with van der Waals surface area (Å²) in [6.07, 6.45) is 5.01. The van der Waals surface area contributed by atoms with Crippen LogP contribution < -0.4 is 10.6 Å². The van der Waals surface area contributed by atoms with Crippen molar-refractivity contribution in [1.82, 2.24) is 15.3 Å². The quantitative estimate of drug-likeness (QED) is 0.409. The molecule has 3 aromatic heterocycles. The highest BCUT2D eigenvalue weighted by Crippen LogP contribution is 2.37. The van der Waals surface area contributed by atoms with Crippen molar-refractivity contribution >= 4 is 29.2 Å². The highest BCUT2D eigenvalue weighted by Gasteiger charge is 2.23. The summed E-state index contributed by atoms with van der Waals surface area (Å²) >= 11 is 6.42. The van der Waals surface area contributed by atoms with Gasteiger partial charge >= 0.3 is 0 Å². The maximum absolute atomic E-state index is 13.2. The van der Waals surface area contributed by atoms with E-state index in [0.717, 1.165) is 11.1 Å². The maximum atomic E-state index is 13.2. The van der Waals surface area contributed by atoms with Crippen LogP contribution in [0.25, 0.3) is 22.6 Å². The molecule has 1 aromatic carbocycles. The first-order chi connectivity index (χ1) is 15.9. The summed E-state index contributed by atoms with van der Waals surface area (Å²) in [5.74, 6) is 0.669. The minimum atomic E-state index is -0.308. The van der Waals surface area contributed by atoms with Gasteiger partial charge in [-0.2, -0.15) is 0 Å². The fraction of sp³-hybridized carbons (Fsp3) is 0.120. The van der Waals surface area contributed by atoms with Crippen molar-refractivity contribution in [2.75, 3.05) is 5.32 Å². The van der Waals surface area contributed by atoms with Gasteiger partial charge in [-0.05, 0) is 48.4 Å². The lowest BCUT2D eigenvalue weighted by molar-refractivity contribution is -0.114. The Balaban J connectivity index is 1.75. The molecule has 0 bridgehead atoms. The third-order valence-electron chi connectivity index (χ3n) is 4.94. The Hall–Kier alpha value is -3.97. The number of carbonyl (C=O) groups excluding carboxylic acids is 2. The van der Waals surface area contributed by atoms with E-state index in [9.17, 15) is 9.59 Å². The number of anilines is 1. The van der Waals surface area contributed by atoms with Crippen molar-refractivity contribution in [2.45, 2.75) is 20.4 Å². The first kappa shape index (κ1) is 22.2. The number of hydrogen-bond acceptors (Lipinski definition) is 5. The Morgan fingerprint density at radius 2 is 1.88 bits per heavy atom. The first-order valence-electron chi connectivity index (χ1n) is 10.2.